The van der Waals surface area contributed by atoms with Crippen molar-refractivity contribution < 1.29 is 14.9 Å². The van der Waals surface area contributed by atoms with E-state index in [9.17, 15) is 5.11 Å². The van der Waals surface area contributed by atoms with Crippen molar-refractivity contribution in [1.29, 1.82) is 0 Å². The zero-order valence-corrected chi connectivity index (χ0v) is 11.1. The minimum absolute atomic E-state index is 0.0316. The number of aliphatic hydroxyl groups is 2. The van der Waals surface area contributed by atoms with E-state index < -0.39 is 5.60 Å². The summed E-state index contributed by atoms with van der Waals surface area (Å²) in [7, 11) is 0. The largest absolute Gasteiger partial charge is 0.396 e. The van der Waals surface area contributed by atoms with Gasteiger partial charge in [-0.15, -0.1) is 0 Å². The number of benzene rings is 1. The fraction of sp³-hybridized carbons (Fsp3) is 0.600. The molecule has 2 atom stereocenters. The van der Waals surface area contributed by atoms with E-state index in [1.165, 1.54) is 11.1 Å². The van der Waals surface area contributed by atoms with Crippen LogP contribution in [-0.4, -0.2) is 30.0 Å². The second-order valence-electron chi connectivity index (χ2n) is 5.28. The van der Waals surface area contributed by atoms with E-state index in [-0.39, 0.29) is 13.2 Å². The molecule has 0 spiro atoms. The molecule has 1 heterocycles. The maximum atomic E-state index is 9.79. The van der Waals surface area contributed by atoms with Crippen molar-refractivity contribution in [2.45, 2.75) is 38.2 Å². The Balaban J connectivity index is 2.44. The molecule has 0 saturated carbocycles. The van der Waals surface area contributed by atoms with Crippen LogP contribution >= 0.6 is 0 Å². The predicted octanol–water partition coefficient (Wildman–Crippen LogP) is 2.09. The third-order valence-corrected chi connectivity index (χ3v) is 3.83. The van der Waals surface area contributed by atoms with Crippen molar-refractivity contribution in [2.24, 2.45) is 0 Å². The van der Waals surface area contributed by atoms with Gasteiger partial charge in [0.2, 0.25) is 0 Å². The highest BCUT2D eigenvalue weighted by Gasteiger charge is 2.39. The first-order valence-electron chi connectivity index (χ1n) is 6.59. The number of rotatable bonds is 4. The predicted molar refractivity (Wildman–Crippen MR) is 70.6 cm³/mol. The highest BCUT2D eigenvalue weighted by molar-refractivity contribution is 5.40. The lowest BCUT2D eigenvalue weighted by Gasteiger charge is -2.40. The molecule has 3 nitrogen and oxygen atoms in total. The summed E-state index contributed by atoms with van der Waals surface area (Å²) >= 11 is 0. The number of hydrogen-bond donors (Lipinski definition) is 2. The van der Waals surface area contributed by atoms with Crippen molar-refractivity contribution in [3.05, 3.63) is 34.9 Å². The highest BCUT2D eigenvalue weighted by atomic mass is 16.5. The van der Waals surface area contributed by atoms with Crippen molar-refractivity contribution >= 4 is 0 Å². The normalized spacial score (nSPS) is 27.0. The van der Waals surface area contributed by atoms with E-state index in [1.54, 1.807) is 0 Å². The van der Waals surface area contributed by atoms with Crippen LogP contribution in [0, 0.1) is 6.92 Å². The fourth-order valence-electron chi connectivity index (χ4n) is 2.73. The Morgan fingerprint density at radius 3 is 2.83 bits per heavy atom. The molecule has 1 aromatic carbocycles. The Hall–Kier alpha value is -0.900. The summed E-state index contributed by atoms with van der Waals surface area (Å²) in [5, 5.41) is 18.8. The molecule has 0 radical (unpaired) electrons. The Bertz CT molecular complexity index is 416. The molecule has 18 heavy (non-hydrogen) atoms. The summed E-state index contributed by atoms with van der Waals surface area (Å²) in [6, 6.07) is 6.36. The molecular formula is C15H22O3. The summed E-state index contributed by atoms with van der Waals surface area (Å²) < 4.78 is 5.95. The molecule has 0 aromatic heterocycles. The lowest BCUT2D eigenvalue weighted by atomic mass is 9.79. The first-order chi connectivity index (χ1) is 8.63. The quantitative estimate of drug-likeness (QED) is 0.860. The fourth-order valence-corrected chi connectivity index (χ4v) is 2.73. The smallest absolute Gasteiger partial charge is 0.116 e. The van der Waals surface area contributed by atoms with E-state index in [0.29, 0.717) is 25.4 Å². The average Bonchev–Trinajstić information content (AvgIpc) is 2.39. The molecule has 2 unspecified atom stereocenters. The molecule has 0 saturated heterocycles. The molecule has 2 rings (SSSR count). The van der Waals surface area contributed by atoms with E-state index in [0.717, 1.165) is 5.56 Å². The number of ether oxygens (including phenoxy) is 1. The minimum atomic E-state index is -0.628. The Morgan fingerprint density at radius 2 is 2.17 bits per heavy atom. The molecule has 1 aromatic rings. The molecule has 0 amide bonds. The van der Waals surface area contributed by atoms with Gasteiger partial charge >= 0.3 is 0 Å². The lowest BCUT2D eigenvalue weighted by molar-refractivity contribution is -0.108. The summed E-state index contributed by atoms with van der Waals surface area (Å²) in [6.45, 7) is 4.91. The molecule has 0 aliphatic carbocycles. The van der Waals surface area contributed by atoms with Crippen molar-refractivity contribution in [3.63, 3.8) is 0 Å². The second kappa shape index (κ2) is 5.39. The van der Waals surface area contributed by atoms with Crippen LogP contribution < -0.4 is 0 Å². The molecular weight excluding hydrogens is 228 g/mol. The molecule has 0 fully saturated rings. The van der Waals surface area contributed by atoms with Gasteiger partial charge in [0.25, 0.3) is 0 Å². The van der Waals surface area contributed by atoms with E-state index >= 15 is 0 Å². The summed E-state index contributed by atoms with van der Waals surface area (Å²) in [4.78, 5) is 0. The van der Waals surface area contributed by atoms with Gasteiger partial charge < -0.3 is 14.9 Å². The molecule has 2 N–H and O–H groups in total. The van der Waals surface area contributed by atoms with Gasteiger partial charge in [-0.25, -0.2) is 0 Å². The Kier molecular flexibility index (Phi) is 4.05. The van der Waals surface area contributed by atoms with E-state index in [1.807, 2.05) is 6.92 Å². The van der Waals surface area contributed by atoms with Gasteiger partial charge in [-0.05, 0) is 30.9 Å². The van der Waals surface area contributed by atoms with Gasteiger partial charge in [-0.1, -0.05) is 30.7 Å². The number of fused-ring (bicyclic) bond motifs is 1. The average molecular weight is 250 g/mol. The third kappa shape index (κ3) is 2.30. The van der Waals surface area contributed by atoms with Gasteiger partial charge in [0.1, 0.15) is 5.60 Å². The van der Waals surface area contributed by atoms with Crippen LogP contribution in [0.3, 0.4) is 0 Å². The summed E-state index contributed by atoms with van der Waals surface area (Å²) in [5.41, 5.74) is 2.90. The van der Waals surface area contributed by atoms with Gasteiger partial charge in [0.15, 0.2) is 0 Å². The van der Waals surface area contributed by atoms with Crippen LogP contribution in [-0.2, 0) is 10.3 Å². The van der Waals surface area contributed by atoms with Crippen molar-refractivity contribution in [3.8, 4) is 0 Å². The van der Waals surface area contributed by atoms with Crippen LogP contribution in [0.1, 0.15) is 42.4 Å². The molecule has 0 bridgehead atoms. The van der Waals surface area contributed by atoms with Crippen molar-refractivity contribution in [1.82, 2.24) is 0 Å². The lowest BCUT2D eigenvalue weighted by Crippen LogP contribution is -2.40. The number of aliphatic hydroxyl groups excluding tert-OH is 2. The minimum Gasteiger partial charge on any atom is -0.396 e. The number of hydrogen-bond acceptors (Lipinski definition) is 3. The van der Waals surface area contributed by atoms with Crippen molar-refractivity contribution in [2.75, 3.05) is 19.8 Å². The Morgan fingerprint density at radius 1 is 1.39 bits per heavy atom. The van der Waals surface area contributed by atoms with Gasteiger partial charge in [-0.3, -0.25) is 0 Å². The van der Waals surface area contributed by atoms with Gasteiger partial charge in [0.05, 0.1) is 13.2 Å². The zero-order valence-electron chi connectivity index (χ0n) is 11.1. The van der Waals surface area contributed by atoms with Crippen LogP contribution in [0.4, 0.5) is 0 Å². The first kappa shape index (κ1) is 13.5. The first-order valence-corrected chi connectivity index (χ1v) is 6.59. The summed E-state index contributed by atoms with van der Waals surface area (Å²) in [6.07, 6.45) is 1.30. The third-order valence-electron chi connectivity index (χ3n) is 3.83. The molecule has 100 valence electrons. The number of aryl methyl sites for hydroxylation is 1. The maximum absolute atomic E-state index is 9.79. The molecule has 1 aliphatic heterocycles. The van der Waals surface area contributed by atoms with Crippen LogP contribution in [0.5, 0.6) is 0 Å². The highest BCUT2D eigenvalue weighted by Crippen LogP contribution is 2.41. The van der Waals surface area contributed by atoms with Crippen LogP contribution in [0.15, 0.2) is 18.2 Å². The van der Waals surface area contributed by atoms with Gasteiger partial charge in [0, 0.05) is 12.5 Å². The van der Waals surface area contributed by atoms with Crippen LogP contribution in [0.2, 0.25) is 0 Å². The zero-order chi connectivity index (χ0) is 13.2. The Labute approximate surface area is 108 Å². The van der Waals surface area contributed by atoms with Gasteiger partial charge in [-0.2, -0.15) is 0 Å². The van der Waals surface area contributed by atoms with E-state index in [2.05, 4.69) is 25.1 Å². The maximum Gasteiger partial charge on any atom is 0.116 e. The van der Waals surface area contributed by atoms with E-state index in [4.69, 9.17) is 9.84 Å². The second-order valence-corrected chi connectivity index (χ2v) is 5.28. The molecule has 3 heteroatoms. The monoisotopic (exact) mass is 250 g/mol. The molecule has 1 aliphatic rings. The van der Waals surface area contributed by atoms with Crippen LogP contribution in [0.25, 0.3) is 0 Å². The standard InChI is InChI=1S/C15H22O3/c1-11-4-5-13-12(2)9-18-15(10-17,6-3-7-16)14(13)8-11/h4-5,8,12,16-17H,3,6-7,9-10H2,1-2H3. The summed E-state index contributed by atoms with van der Waals surface area (Å²) in [5.74, 6) is 0.356. The SMILES string of the molecule is Cc1ccc2c(c1)C(CO)(CCCO)OCC2C. The topological polar surface area (TPSA) is 49.7 Å².